The van der Waals surface area contributed by atoms with Crippen LogP contribution in [0.2, 0.25) is 0 Å². The van der Waals surface area contributed by atoms with Crippen molar-refractivity contribution in [3.8, 4) is 0 Å². The van der Waals surface area contributed by atoms with Crippen molar-refractivity contribution in [2.75, 3.05) is 24.2 Å². The summed E-state index contributed by atoms with van der Waals surface area (Å²) in [6, 6.07) is 5.25. The van der Waals surface area contributed by atoms with Crippen molar-refractivity contribution in [3.05, 3.63) is 29.8 Å². The van der Waals surface area contributed by atoms with Crippen LogP contribution in [0.5, 0.6) is 0 Å². The summed E-state index contributed by atoms with van der Waals surface area (Å²) in [6.45, 7) is 0. The molecule has 1 aromatic rings. The van der Waals surface area contributed by atoms with E-state index in [4.69, 9.17) is 5.11 Å². The van der Waals surface area contributed by atoms with Gasteiger partial charge >= 0.3 is 11.9 Å². The Morgan fingerprint density at radius 1 is 1.26 bits per heavy atom. The Balaban J connectivity index is 2.96. The van der Waals surface area contributed by atoms with Crippen LogP contribution in [0.4, 0.5) is 5.69 Å². The average molecular weight is 287 g/mol. The number of carbonyl (C=O) groups is 2. The number of aromatic carboxylic acids is 1. The summed E-state index contributed by atoms with van der Waals surface area (Å²) >= 11 is 0. The molecule has 0 atom stereocenters. The molecule has 0 aliphatic heterocycles. The van der Waals surface area contributed by atoms with Gasteiger partial charge in [-0.3, -0.25) is 9.10 Å². The van der Waals surface area contributed by atoms with Crippen LogP contribution in [0, 0.1) is 0 Å². The SMILES string of the molecule is COC(=O)CS(=O)(=O)N(C)c1ccc(C(=O)O)cc1. The molecule has 19 heavy (non-hydrogen) atoms. The van der Waals surface area contributed by atoms with Crippen molar-refractivity contribution >= 4 is 27.6 Å². The minimum Gasteiger partial charge on any atom is -0.478 e. The number of ether oxygens (including phenoxy) is 1. The Labute approximate surface area is 110 Å². The predicted molar refractivity (Wildman–Crippen MR) is 67.6 cm³/mol. The van der Waals surface area contributed by atoms with E-state index >= 15 is 0 Å². The van der Waals surface area contributed by atoms with Gasteiger partial charge in [-0.15, -0.1) is 0 Å². The van der Waals surface area contributed by atoms with E-state index in [1.165, 1.54) is 31.3 Å². The van der Waals surface area contributed by atoms with Crippen molar-refractivity contribution in [2.45, 2.75) is 0 Å². The van der Waals surface area contributed by atoms with Gasteiger partial charge in [0.15, 0.2) is 5.75 Å². The average Bonchev–Trinajstić information content (AvgIpc) is 2.37. The first-order chi connectivity index (χ1) is 8.77. The maximum atomic E-state index is 11.8. The Morgan fingerprint density at radius 2 is 1.79 bits per heavy atom. The minimum atomic E-state index is -3.85. The Bertz CT molecular complexity index is 578. The molecular weight excluding hydrogens is 274 g/mol. The fourth-order valence-corrected chi connectivity index (χ4v) is 2.33. The number of esters is 1. The zero-order chi connectivity index (χ0) is 14.6. The number of methoxy groups -OCH3 is 1. The first-order valence-corrected chi connectivity index (χ1v) is 6.75. The van der Waals surface area contributed by atoms with E-state index in [2.05, 4.69) is 4.74 Å². The highest BCUT2D eigenvalue weighted by atomic mass is 32.2. The standard InChI is InChI=1S/C11H13NO6S/c1-12(19(16,17)7-10(13)18-2)9-5-3-8(4-6-9)11(14)15/h3-6H,7H2,1-2H3,(H,14,15). The van der Waals surface area contributed by atoms with Gasteiger partial charge < -0.3 is 9.84 Å². The molecule has 0 radical (unpaired) electrons. The molecule has 104 valence electrons. The number of carboxylic acid groups (broad SMARTS) is 1. The van der Waals surface area contributed by atoms with Crippen LogP contribution in [-0.4, -0.2) is 45.4 Å². The van der Waals surface area contributed by atoms with Crippen molar-refractivity contribution < 1.29 is 27.9 Å². The molecular formula is C11H13NO6S. The third kappa shape index (κ3) is 3.68. The fourth-order valence-electron chi connectivity index (χ4n) is 1.28. The topological polar surface area (TPSA) is 101 Å². The molecule has 1 rings (SSSR count). The number of hydrogen-bond donors (Lipinski definition) is 1. The molecule has 0 bridgehead atoms. The van der Waals surface area contributed by atoms with Crippen molar-refractivity contribution in [2.24, 2.45) is 0 Å². The van der Waals surface area contributed by atoms with E-state index in [9.17, 15) is 18.0 Å². The molecule has 1 aromatic carbocycles. The molecule has 0 fully saturated rings. The maximum absolute atomic E-state index is 11.8. The Hall–Kier alpha value is -2.09. The van der Waals surface area contributed by atoms with E-state index in [1.54, 1.807) is 0 Å². The smallest absolute Gasteiger partial charge is 0.335 e. The number of nitrogens with zero attached hydrogens (tertiary/aromatic N) is 1. The third-order valence-corrected chi connectivity index (χ3v) is 4.07. The molecule has 1 N–H and O–H groups in total. The predicted octanol–water partition coefficient (Wildman–Crippen LogP) is 0.324. The number of sulfonamides is 1. The van der Waals surface area contributed by atoms with Gasteiger partial charge in [0.05, 0.1) is 18.4 Å². The van der Waals surface area contributed by atoms with Crippen molar-refractivity contribution in [3.63, 3.8) is 0 Å². The van der Waals surface area contributed by atoms with E-state index in [-0.39, 0.29) is 11.3 Å². The number of carboxylic acids is 1. The molecule has 0 heterocycles. The van der Waals surface area contributed by atoms with Gasteiger partial charge in [0.1, 0.15) is 0 Å². The second-order valence-corrected chi connectivity index (χ2v) is 5.65. The molecule has 7 nitrogen and oxygen atoms in total. The second kappa shape index (κ2) is 5.70. The van der Waals surface area contributed by atoms with Gasteiger partial charge in [0.2, 0.25) is 10.0 Å². The van der Waals surface area contributed by atoms with Gasteiger partial charge in [-0.05, 0) is 24.3 Å². The quantitative estimate of drug-likeness (QED) is 0.783. The van der Waals surface area contributed by atoms with Gasteiger partial charge in [0, 0.05) is 7.05 Å². The minimum absolute atomic E-state index is 0.0440. The zero-order valence-electron chi connectivity index (χ0n) is 10.4. The molecule has 0 aromatic heterocycles. The molecule has 0 saturated carbocycles. The summed E-state index contributed by atoms with van der Waals surface area (Å²) in [7, 11) is -1.48. The lowest BCUT2D eigenvalue weighted by molar-refractivity contribution is -0.137. The second-order valence-electron chi connectivity index (χ2n) is 3.65. The zero-order valence-corrected chi connectivity index (χ0v) is 11.2. The summed E-state index contributed by atoms with van der Waals surface area (Å²) in [5.41, 5.74) is 0.302. The Morgan fingerprint density at radius 3 is 2.21 bits per heavy atom. The number of hydrogen-bond acceptors (Lipinski definition) is 5. The lowest BCUT2D eigenvalue weighted by Gasteiger charge is -2.18. The van der Waals surface area contributed by atoms with Crippen LogP contribution in [-0.2, 0) is 19.6 Å². The fraction of sp³-hybridized carbons (Fsp3) is 0.273. The van der Waals surface area contributed by atoms with E-state index in [1.807, 2.05) is 0 Å². The first kappa shape index (κ1) is 15.0. The molecule has 0 aliphatic rings. The van der Waals surface area contributed by atoms with Crippen molar-refractivity contribution in [1.82, 2.24) is 0 Å². The lowest BCUT2D eigenvalue weighted by Crippen LogP contribution is -2.32. The molecule has 0 aliphatic carbocycles. The molecule has 0 amide bonds. The van der Waals surface area contributed by atoms with Crippen LogP contribution in [0.1, 0.15) is 10.4 Å². The normalized spacial score (nSPS) is 10.8. The third-order valence-electron chi connectivity index (χ3n) is 2.42. The highest BCUT2D eigenvalue weighted by Crippen LogP contribution is 2.17. The number of benzene rings is 1. The van der Waals surface area contributed by atoms with Crippen LogP contribution in [0.25, 0.3) is 0 Å². The van der Waals surface area contributed by atoms with E-state index < -0.39 is 27.7 Å². The van der Waals surface area contributed by atoms with Crippen LogP contribution in [0.3, 0.4) is 0 Å². The maximum Gasteiger partial charge on any atom is 0.335 e. The summed E-state index contributed by atoms with van der Waals surface area (Å²) in [6.07, 6.45) is 0. The van der Waals surface area contributed by atoms with E-state index in [0.717, 1.165) is 11.4 Å². The molecule has 0 unspecified atom stereocenters. The number of anilines is 1. The summed E-state index contributed by atoms with van der Waals surface area (Å²) in [5.74, 6) is -2.75. The van der Waals surface area contributed by atoms with Crippen LogP contribution >= 0.6 is 0 Å². The highest BCUT2D eigenvalue weighted by Gasteiger charge is 2.23. The Kier molecular flexibility index (Phi) is 4.49. The monoisotopic (exact) mass is 287 g/mol. The molecule has 8 heteroatoms. The van der Waals surface area contributed by atoms with Crippen LogP contribution in [0.15, 0.2) is 24.3 Å². The summed E-state index contributed by atoms with van der Waals surface area (Å²) in [5, 5.41) is 8.73. The number of rotatable bonds is 5. The molecule has 0 saturated heterocycles. The van der Waals surface area contributed by atoms with Gasteiger partial charge in [-0.25, -0.2) is 13.2 Å². The largest absolute Gasteiger partial charge is 0.478 e. The highest BCUT2D eigenvalue weighted by molar-refractivity contribution is 7.93. The lowest BCUT2D eigenvalue weighted by atomic mass is 10.2. The number of carbonyl (C=O) groups excluding carboxylic acids is 1. The van der Waals surface area contributed by atoms with Gasteiger partial charge in [-0.2, -0.15) is 0 Å². The first-order valence-electron chi connectivity index (χ1n) is 5.14. The molecule has 0 spiro atoms. The summed E-state index contributed by atoms with van der Waals surface area (Å²) in [4.78, 5) is 21.7. The van der Waals surface area contributed by atoms with Gasteiger partial charge in [0.25, 0.3) is 0 Å². The summed E-state index contributed by atoms with van der Waals surface area (Å²) < 4.78 is 28.9. The van der Waals surface area contributed by atoms with Gasteiger partial charge in [-0.1, -0.05) is 0 Å². The van der Waals surface area contributed by atoms with Crippen LogP contribution < -0.4 is 4.31 Å². The van der Waals surface area contributed by atoms with Crippen molar-refractivity contribution in [1.29, 1.82) is 0 Å². The van der Waals surface area contributed by atoms with E-state index in [0.29, 0.717) is 0 Å².